The van der Waals surface area contributed by atoms with E-state index < -0.39 is 29.9 Å². The van der Waals surface area contributed by atoms with Gasteiger partial charge in [0.25, 0.3) is 0 Å². The Morgan fingerprint density at radius 3 is 2.39 bits per heavy atom. The number of hydrogen-bond donors (Lipinski definition) is 2. The van der Waals surface area contributed by atoms with E-state index in [0.29, 0.717) is 0 Å². The van der Waals surface area contributed by atoms with Crippen LogP contribution in [0, 0.1) is 11.8 Å². The number of hydrogen-bond acceptors (Lipinski definition) is 4. The van der Waals surface area contributed by atoms with Crippen LogP contribution in [0.3, 0.4) is 0 Å². The normalized spacial score (nSPS) is 23.2. The van der Waals surface area contributed by atoms with Crippen LogP contribution in [0.4, 0.5) is 4.79 Å². The van der Waals surface area contributed by atoms with Gasteiger partial charge in [-0.05, 0) is 6.42 Å². The molecule has 2 unspecified atom stereocenters. The molecule has 7 nitrogen and oxygen atoms in total. The van der Waals surface area contributed by atoms with Crippen molar-refractivity contribution in [3.63, 3.8) is 0 Å². The van der Waals surface area contributed by atoms with E-state index in [4.69, 9.17) is 14.9 Å². The van der Waals surface area contributed by atoms with E-state index in [1.807, 2.05) is 0 Å². The second kappa shape index (κ2) is 6.04. The van der Waals surface area contributed by atoms with Crippen LogP contribution in [0.15, 0.2) is 12.7 Å². The van der Waals surface area contributed by atoms with Crippen molar-refractivity contribution in [3.05, 3.63) is 12.7 Å². The summed E-state index contributed by atoms with van der Waals surface area (Å²) in [6.45, 7) is 3.45. The van der Waals surface area contributed by atoms with Crippen molar-refractivity contribution in [2.45, 2.75) is 6.42 Å². The highest BCUT2D eigenvalue weighted by molar-refractivity contribution is 5.81. The number of amides is 1. The van der Waals surface area contributed by atoms with E-state index in [0.717, 1.165) is 0 Å². The Labute approximate surface area is 104 Å². The molecule has 1 heterocycles. The monoisotopic (exact) mass is 257 g/mol. The Kier molecular flexibility index (Phi) is 4.70. The maximum Gasteiger partial charge on any atom is 0.410 e. The van der Waals surface area contributed by atoms with Gasteiger partial charge in [0.05, 0.1) is 11.8 Å². The minimum absolute atomic E-state index is 0.0371. The third-order valence-electron chi connectivity index (χ3n) is 2.83. The number of rotatable bonds is 4. The van der Waals surface area contributed by atoms with Crippen molar-refractivity contribution in [2.75, 3.05) is 19.7 Å². The molecular formula is C11H15NO6. The predicted octanol–water partition coefficient (Wildman–Crippen LogP) is 0.416. The molecule has 0 aromatic heterocycles. The fraction of sp³-hybridized carbons (Fsp3) is 0.545. The average molecular weight is 257 g/mol. The van der Waals surface area contributed by atoms with Gasteiger partial charge in [0, 0.05) is 13.1 Å². The molecule has 100 valence electrons. The zero-order chi connectivity index (χ0) is 13.7. The number of carbonyl (C=O) groups is 3. The van der Waals surface area contributed by atoms with Crippen LogP contribution < -0.4 is 0 Å². The van der Waals surface area contributed by atoms with Gasteiger partial charge in [-0.15, -0.1) is 0 Å². The van der Waals surface area contributed by atoms with Crippen molar-refractivity contribution in [2.24, 2.45) is 11.8 Å². The number of likely N-dealkylation sites (tertiary alicyclic amines) is 1. The van der Waals surface area contributed by atoms with Crippen LogP contribution in [-0.2, 0) is 14.3 Å². The summed E-state index contributed by atoms with van der Waals surface area (Å²) in [7, 11) is 0. The molecule has 1 amide bonds. The second-order valence-corrected chi connectivity index (χ2v) is 3.99. The lowest BCUT2D eigenvalue weighted by Crippen LogP contribution is -2.48. The van der Waals surface area contributed by atoms with Crippen LogP contribution in [0.2, 0.25) is 0 Å². The summed E-state index contributed by atoms with van der Waals surface area (Å²) in [6, 6.07) is 0. The van der Waals surface area contributed by atoms with Gasteiger partial charge >= 0.3 is 18.0 Å². The lowest BCUT2D eigenvalue weighted by molar-refractivity contribution is -0.156. The van der Waals surface area contributed by atoms with Crippen LogP contribution in [0.1, 0.15) is 6.42 Å². The number of aliphatic carboxylic acids is 2. The highest BCUT2D eigenvalue weighted by Gasteiger charge is 2.40. The first-order valence-electron chi connectivity index (χ1n) is 5.45. The summed E-state index contributed by atoms with van der Waals surface area (Å²) in [5, 5.41) is 17.9. The van der Waals surface area contributed by atoms with Gasteiger partial charge in [-0.2, -0.15) is 0 Å². The minimum atomic E-state index is -1.22. The van der Waals surface area contributed by atoms with Crippen molar-refractivity contribution < 1.29 is 29.3 Å². The maximum absolute atomic E-state index is 11.5. The number of nitrogens with zero attached hydrogens (tertiary/aromatic N) is 1. The van der Waals surface area contributed by atoms with E-state index in [-0.39, 0.29) is 26.1 Å². The van der Waals surface area contributed by atoms with Gasteiger partial charge in [0.1, 0.15) is 6.61 Å². The van der Waals surface area contributed by atoms with Crippen LogP contribution in [-0.4, -0.2) is 52.8 Å². The second-order valence-electron chi connectivity index (χ2n) is 3.99. The van der Waals surface area contributed by atoms with Gasteiger partial charge in [0.15, 0.2) is 0 Å². The van der Waals surface area contributed by atoms with E-state index in [2.05, 4.69) is 6.58 Å². The molecule has 1 fully saturated rings. The number of carbonyl (C=O) groups excluding carboxylic acids is 1. The van der Waals surface area contributed by atoms with Gasteiger partial charge in [0.2, 0.25) is 0 Å². The third kappa shape index (κ3) is 3.22. The van der Waals surface area contributed by atoms with Gasteiger partial charge in [-0.3, -0.25) is 9.59 Å². The molecule has 1 saturated heterocycles. The van der Waals surface area contributed by atoms with Crippen molar-refractivity contribution in [3.8, 4) is 0 Å². The summed E-state index contributed by atoms with van der Waals surface area (Å²) >= 11 is 0. The lowest BCUT2D eigenvalue weighted by Gasteiger charge is -2.33. The molecular weight excluding hydrogens is 242 g/mol. The fourth-order valence-electron chi connectivity index (χ4n) is 1.89. The molecule has 2 atom stereocenters. The molecule has 1 aliphatic heterocycles. The van der Waals surface area contributed by atoms with Crippen LogP contribution in [0.5, 0.6) is 0 Å². The molecule has 0 spiro atoms. The predicted molar refractivity (Wildman–Crippen MR) is 60.0 cm³/mol. The summed E-state index contributed by atoms with van der Waals surface area (Å²) in [4.78, 5) is 34.6. The molecule has 0 bridgehead atoms. The Balaban J connectivity index is 2.68. The van der Waals surface area contributed by atoms with E-state index in [1.54, 1.807) is 0 Å². The third-order valence-corrected chi connectivity index (χ3v) is 2.83. The summed E-state index contributed by atoms with van der Waals surface area (Å²) in [6.07, 6.45) is 0.858. The first kappa shape index (κ1) is 14.0. The van der Waals surface area contributed by atoms with Crippen molar-refractivity contribution >= 4 is 18.0 Å². The number of ether oxygens (including phenoxy) is 1. The molecule has 0 radical (unpaired) electrons. The summed E-state index contributed by atoms with van der Waals surface area (Å²) < 4.78 is 4.78. The Morgan fingerprint density at radius 1 is 1.28 bits per heavy atom. The van der Waals surface area contributed by atoms with Crippen molar-refractivity contribution in [1.82, 2.24) is 4.90 Å². The van der Waals surface area contributed by atoms with Crippen molar-refractivity contribution in [1.29, 1.82) is 0 Å². The van der Waals surface area contributed by atoms with E-state index in [1.165, 1.54) is 11.0 Å². The summed E-state index contributed by atoms with van der Waals surface area (Å²) in [5.41, 5.74) is 0. The average Bonchev–Trinajstić information content (AvgIpc) is 2.34. The molecule has 0 aliphatic carbocycles. The van der Waals surface area contributed by atoms with Crippen LogP contribution in [0.25, 0.3) is 0 Å². The summed E-state index contributed by atoms with van der Waals surface area (Å²) in [5.74, 6) is -4.44. The molecule has 0 saturated carbocycles. The van der Waals surface area contributed by atoms with Gasteiger partial charge < -0.3 is 19.8 Å². The molecule has 0 aromatic carbocycles. The number of carboxylic acid groups (broad SMARTS) is 2. The van der Waals surface area contributed by atoms with E-state index in [9.17, 15) is 14.4 Å². The molecule has 1 rings (SSSR count). The molecule has 2 N–H and O–H groups in total. The van der Waals surface area contributed by atoms with E-state index >= 15 is 0 Å². The Bertz CT molecular complexity index is 367. The number of carboxylic acids is 2. The zero-order valence-electron chi connectivity index (χ0n) is 9.74. The molecule has 1 aliphatic rings. The minimum Gasteiger partial charge on any atom is -0.481 e. The standard InChI is InChI=1S/C11H15NO6/c1-2-5-18-11(17)12-4-3-7(9(13)14)8(6-12)10(15)16/h2,7-8H,1,3-6H2,(H,13,14)(H,15,16). The van der Waals surface area contributed by atoms with Crippen LogP contribution >= 0.6 is 0 Å². The highest BCUT2D eigenvalue weighted by Crippen LogP contribution is 2.24. The fourth-order valence-corrected chi connectivity index (χ4v) is 1.89. The molecule has 7 heteroatoms. The topological polar surface area (TPSA) is 104 Å². The van der Waals surface area contributed by atoms with Gasteiger partial charge in [-0.1, -0.05) is 12.7 Å². The maximum atomic E-state index is 11.5. The highest BCUT2D eigenvalue weighted by atomic mass is 16.6. The zero-order valence-corrected chi connectivity index (χ0v) is 9.74. The lowest BCUT2D eigenvalue weighted by atomic mass is 9.86. The Hall–Kier alpha value is -2.05. The first-order valence-corrected chi connectivity index (χ1v) is 5.45. The first-order chi connectivity index (χ1) is 8.47. The molecule has 18 heavy (non-hydrogen) atoms. The van der Waals surface area contributed by atoms with Gasteiger partial charge in [-0.25, -0.2) is 4.79 Å². The number of piperidine rings is 1. The SMILES string of the molecule is C=CCOC(=O)N1CCC(C(=O)O)C(C(=O)O)C1. The Morgan fingerprint density at radius 2 is 1.89 bits per heavy atom. The molecule has 0 aromatic rings. The quantitative estimate of drug-likeness (QED) is 0.707. The smallest absolute Gasteiger partial charge is 0.410 e. The largest absolute Gasteiger partial charge is 0.481 e.